The smallest absolute Gasteiger partial charge is 0.308 e. The van der Waals surface area contributed by atoms with Crippen LogP contribution in [0.25, 0.3) is 0 Å². The third-order valence-electron chi connectivity index (χ3n) is 4.39. The molecular weight excluding hydrogens is 350 g/mol. The summed E-state index contributed by atoms with van der Waals surface area (Å²) in [4.78, 5) is 23.9. The maximum Gasteiger partial charge on any atom is 0.325 e. The molecule has 1 heterocycles. The number of benzene rings is 1. The first-order chi connectivity index (χ1) is 12.6. The lowest BCUT2D eigenvalue weighted by Crippen LogP contribution is -2.35. The average Bonchev–Trinajstić information content (AvgIpc) is 3.02. The number of hydrogen-bond donors (Lipinski definition) is 2. The van der Waals surface area contributed by atoms with Crippen molar-refractivity contribution < 1.29 is 9.59 Å². The number of anilines is 1. The summed E-state index contributed by atoms with van der Waals surface area (Å²) in [6, 6.07) is 8.87. The van der Waals surface area contributed by atoms with Gasteiger partial charge in [0.05, 0.1) is 5.75 Å². The van der Waals surface area contributed by atoms with Crippen molar-refractivity contribution in [1.29, 1.82) is 0 Å². The molecule has 8 heteroatoms. The Kier molecular flexibility index (Phi) is 6.27. The third kappa shape index (κ3) is 4.85. The molecule has 0 radical (unpaired) electrons. The Labute approximate surface area is 157 Å². The fourth-order valence-electron chi connectivity index (χ4n) is 3.18. The number of imide groups is 1. The van der Waals surface area contributed by atoms with Crippen LogP contribution in [0.15, 0.2) is 35.5 Å². The minimum atomic E-state index is -0.535. The quantitative estimate of drug-likeness (QED) is 0.783. The Bertz CT molecular complexity index is 756. The second kappa shape index (κ2) is 8.84. The molecule has 3 amide bonds. The van der Waals surface area contributed by atoms with Crippen LogP contribution in [-0.2, 0) is 4.79 Å². The van der Waals surface area contributed by atoms with Crippen molar-refractivity contribution in [1.82, 2.24) is 20.1 Å². The molecule has 3 rings (SSSR count). The van der Waals surface area contributed by atoms with E-state index in [0.717, 1.165) is 23.8 Å². The van der Waals surface area contributed by atoms with Crippen LogP contribution in [0.5, 0.6) is 0 Å². The van der Waals surface area contributed by atoms with Crippen molar-refractivity contribution in [3.63, 3.8) is 0 Å². The van der Waals surface area contributed by atoms with Gasteiger partial charge in [0.25, 0.3) is 0 Å². The first kappa shape index (κ1) is 18.4. The van der Waals surface area contributed by atoms with Crippen molar-refractivity contribution in [2.24, 2.45) is 0 Å². The number of rotatable bonds is 5. The predicted octanol–water partition coefficient (Wildman–Crippen LogP) is 3.53. The summed E-state index contributed by atoms with van der Waals surface area (Å²) in [5.74, 6) is 0.633. The van der Waals surface area contributed by atoms with Gasteiger partial charge < -0.3 is 9.88 Å². The van der Waals surface area contributed by atoms with Crippen LogP contribution in [0.3, 0.4) is 0 Å². The Hall–Kier alpha value is -2.35. The molecule has 2 aromatic rings. The topological polar surface area (TPSA) is 88.9 Å². The number of urea groups is 1. The molecule has 26 heavy (non-hydrogen) atoms. The first-order valence-electron chi connectivity index (χ1n) is 8.83. The summed E-state index contributed by atoms with van der Waals surface area (Å²) < 4.78 is 2.14. The maximum atomic E-state index is 12.1. The number of nitrogens with one attached hydrogen (secondary N) is 2. The lowest BCUT2D eigenvalue weighted by Gasteiger charge is -2.24. The molecule has 1 saturated carbocycles. The lowest BCUT2D eigenvalue weighted by molar-refractivity contribution is -0.117. The molecule has 0 bridgehead atoms. The molecule has 0 atom stereocenters. The van der Waals surface area contributed by atoms with Crippen molar-refractivity contribution in [2.75, 3.05) is 11.1 Å². The standard InChI is InChI=1S/C18H23N5O2S/c1-13-21-22-18(23(13)15-10-6-3-7-11-15)26-12-16(24)20-17(25)19-14-8-4-2-5-9-14/h2,4-5,8-9,15H,3,6-7,10-12H2,1H3,(H2,19,20,24,25). The molecule has 1 aromatic carbocycles. The highest BCUT2D eigenvalue weighted by molar-refractivity contribution is 7.99. The number of para-hydroxylation sites is 1. The number of amides is 3. The minimum Gasteiger partial charge on any atom is -0.308 e. The summed E-state index contributed by atoms with van der Waals surface area (Å²) in [6.07, 6.45) is 5.95. The number of aryl methyl sites for hydroxylation is 1. The van der Waals surface area contributed by atoms with Gasteiger partial charge in [0.1, 0.15) is 5.82 Å². The molecule has 1 aliphatic rings. The van der Waals surface area contributed by atoms with E-state index in [0.29, 0.717) is 11.7 Å². The van der Waals surface area contributed by atoms with E-state index in [2.05, 4.69) is 25.4 Å². The van der Waals surface area contributed by atoms with Crippen LogP contribution < -0.4 is 10.6 Å². The fourth-order valence-corrected chi connectivity index (χ4v) is 4.04. The van der Waals surface area contributed by atoms with Crippen LogP contribution in [0, 0.1) is 6.92 Å². The van der Waals surface area contributed by atoms with Crippen LogP contribution in [0.4, 0.5) is 10.5 Å². The van der Waals surface area contributed by atoms with E-state index < -0.39 is 6.03 Å². The number of thioether (sulfide) groups is 1. The molecule has 138 valence electrons. The summed E-state index contributed by atoms with van der Waals surface area (Å²) in [5, 5.41) is 14.1. The van der Waals surface area contributed by atoms with Gasteiger partial charge >= 0.3 is 6.03 Å². The van der Waals surface area contributed by atoms with Gasteiger partial charge in [0, 0.05) is 11.7 Å². The zero-order chi connectivity index (χ0) is 18.4. The normalized spacial score (nSPS) is 14.8. The fraction of sp³-hybridized carbons (Fsp3) is 0.444. The lowest BCUT2D eigenvalue weighted by atomic mass is 9.95. The van der Waals surface area contributed by atoms with Crippen LogP contribution in [0.1, 0.15) is 44.0 Å². The molecule has 2 N–H and O–H groups in total. The van der Waals surface area contributed by atoms with E-state index in [1.165, 1.54) is 31.0 Å². The summed E-state index contributed by atoms with van der Waals surface area (Å²) in [7, 11) is 0. The molecular formula is C18H23N5O2S. The van der Waals surface area contributed by atoms with E-state index in [1.807, 2.05) is 25.1 Å². The molecule has 0 unspecified atom stereocenters. The van der Waals surface area contributed by atoms with Gasteiger partial charge in [-0.2, -0.15) is 0 Å². The zero-order valence-electron chi connectivity index (χ0n) is 14.8. The molecule has 0 saturated heterocycles. The highest BCUT2D eigenvalue weighted by Crippen LogP contribution is 2.32. The number of carbonyl (C=O) groups excluding carboxylic acids is 2. The Morgan fingerprint density at radius 2 is 1.88 bits per heavy atom. The Morgan fingerprint density at radius 3 is 2.62 bits per heavy atom. The summed E-state index contributed by atoms with van der Waals surface area (Å²) >= 11 is 1.32. The monoisotopic (exact) mass is 373 g/mol. The molecule has 1 aliphatic carbocycles. The van der Waals surface area contributed by atoms with E-state index in [9.17, 15) is 9.59 Å². The average molecular weight is 373 g/mol. The van der Waals surface area contributed by atoms with Gasteiger partial charge in [-0.15, -0.1) is 10.2 Å². The van der Waals surface area contributed by atoms with Gasteiger partial charge in [-0.3, -0.25) is 10.1 Å². The molecule has 7 nitrogen and oxygen atoms in total. The molecule has 1 fully saturated rings. The highest BCUT2D eigenvalue weighted by Gasteiger charge is 2.22. The summed E-state index contributed by atoms with van der Waals surface area (Å²) in [5.41, 5.74) is 0.637. The maximum absolute atomic E-state index is 12.1. The SMILES string of the molecule is Cc1nnc(SCC(=O)NC(=O)Nc2ccccc2)n1C1CCCCC1. The second-order valence-corrected chi connectivity index (χ2v) is 7.29. The number of carbonyl (C=O) groups is 2. The predicted molar refractivity (Wildman–Crippen MR) is 101 cm³/mol. The molecule has 0 spiro atoms. The van der Waals surface area contributed by atoms with Gasteiger partial charge in [-0.25, -0.2) is 4.79 Å². The number of nitrogens with zero attached hydrogens (tertiary/aromatic N) is 3. The number of hydrogen-bond acceptors (Lipinski definition) is 5. The van der Waals surface area contributed by atoms with Crippen molar-refractivity contribution >= 4 is 29.4 Å². The van der Waals surface area contributed by atoms with Gasteiger partial charge in [-0.1, -0.05) is 49.2 Å². The number of aromatic nitrogens is 3. The van der Waals surface area contributed by atoms with E-state index in [1.54, 1.807) is 12.1 Å². The van der Waals surface area contributed by atoms with Crippen molar-refractivity contribution in [2.45, 2.75) is 50.2 Å². The van der Waals surface area contributed by atoms with Crippen LogP contribution in [-0.4, -0.2) is 32.5 Å². The minimum absolute atomic E-state index is 0.118. The first-order valence-corrected chi connectivity index (χ1v) is 9.82. The van der Waals surface area contributed by atoms with Gasteiger partial charge in [0.2, 0.25) is 5.91 Å². The highest BCUT2D eigenvalue weighted by atomic mass is 32.2. The zero-order valence-corrected chi connectivity index (χ0v) is 15.6. The van der Waals surface area contributed by atoms with Crippen molar-refractivity contribution in [3.05, 3.63) is 36.2 Å². The van der Waals surface area contributed by atoms with Gasteiger partial charge in [-0.05, 0) is 31.9 Å². The van der Waals surface area contributed by atoms with Crippen LogP contribution in [0.2, 0.25) is 0 Å². The largest absolute Gasteiger partial charge is 0.325 e. The van der Waals surface area contributed by atoms with Crippen molar-refractivity contribution in [3.8, 4) is 0 Å². The summed E-state index contributed by atoms with van der Waals surface area (Å²) in [6.45, 7) is 1.94. The molecule has 0 aliphatic heterocycles. The van der Waals surface area contributed by atoms with E-state index >= 15 is 0 Å². The van der Waals surface area contributed by atoms with Crippen LogP contribution >= 0.6 is 11.8 Å². The van der Waals surface area contributed by atoms with E-state index in [4.69, 9.17) is 0 Å². The van der Waals surface area contributed by atoms with Gasteiger partial charge in [0.15, 0.2) is 5.16 Å². The third-order valence-corrected chi connectivity index (χ3v) is 5.33. The Balaban J connectivity index is 1.52. The Morgan fingerprint density at radius 1 is 1.15 bits per heavy atom. The molecule has 1 aromatic heterocycles. The second-order valence-electron chi connectivity index (χ2n) is 6.35. The van der Waals surface area contributed by atoms with E-state index in [-0.39, 0.29) is 11.7 Å².